The Morgan fingerprint density at radius 1 is 0.177 bits per heavy atom. The quantitative estimate of drug-likeness (QED) is 0.152. The van der Waals surface area contributed by atoms with Gasteiger partial charge in [0.1, 0.15) is 0 Å². The highest BCUT2D eigenvalue weighted by molar-refractivity contribution is 6.12. The number of benzene rings is 10. The van der Waals surface area contributed by atoms with Gasteiger partial charge in [-0.05, 0) is 141 Å². The molecule has 0 atom stereocenters. The Bertz CT molecular complexity index is 3580. The van der Waals surface area contributed by atoms with E-state index in [1.54, 1.807) is 0 Å². The first-order valence-electron chi connectivity index (χ1n) is 21.3. The number of hydrogen-bond donors (Lipinski definition) is 0. The molecule has 0 saturated carbocycles. The normalized spacial score (nSPS) is 11.5. The predicted octanol–water partition coefficient (Wildman–Crippen LogP) is 16.2. The summed E-state index contributed by atoms with van der Waals surface area (Å²) < 4.78 is 4.79. The molecule has 2 heterocycles. The SMILES string of the molecule is c1ccc(-c2ccc(-c3cc(-c4ccc5c(c4)c4ccccc4n5-c4ccccc4)cc(-c4ccc5c(c4)c4cc(-c6ccccc6)ccc4n5-c4ccccc4)c3)cc2)cc1. The maximum Gasteiger partial charge on any atom is 0.0541 e. The summed E-state index contributed by atoms with van der Waals surface area (Å²) in [7, 11) is 0. The summed E-state index contributed by atoms with van der Waals surface area (Å²) in [6.07, 6.45) is 0. The molecule has 290 valence electrons. The van der Waals surface area contributed by atoms with Crippen LogP contribution in [0.1, 0.15) is 0 Å². The van der Waals surface area contributed by atoms with E-state index in [1.807, 2.05) is 0 Å². The maximum absolute atomic E-state index is 2.41. The largest absolute Gasteiger partial charge is 0.309 e. The summed E-state index contributed by atoms with van der Waals surface area (Å²) in [6.45, 7) is 0. The Balaban J connectivity index is 1.06. The molecular weight excluding hydrogens is 749 g/mol. The first-order valence-corrected chi connectivity index (χ1v) is 21.3. The molecule has 0 aliphatic carbocycles. The zero-order chi connectivity index (χ0) is 41.0. The molecule has 0 N–H and O–H groups in total. The van der Waals surface area contributed by atoms with Crippen LogP contribution in [-0.2, 0) is 0 Å². The first kappa shape index (κ1) is 35.7. The maximum atomic E-state index is 2.41. The summed E-state index contributed by atoms with van der Waals surface area (Å²) >= 11 is 0. The summed E-state index contributed by atoms with van der Waals surface area (Å²) in [5.41, 5.74) is 19.0. The highest BCUT2D eigenvalue weighted by atomic mass is 15.0. The highest BCUT2D eigenvalue weighted by Crippen LogP contribution is 2.41. The van der Waals surface area contributed by atoms with Crippen molar-refractivity contribution in [3.63, 3.8) is 0 Å². The highest BCUT2D eigenvalue weighted by Gasteiger charge is 2.17. The average Bonchev–Trinajstić information content (AvgIpc) is 3.87. The number of aromatic nitrogens is 2. The van der Waals surface area contributed by atoms with Crippen molar-refractivity contribution >= 4 is 43.6 Å². The number of rotatable bonds is 7. The van der Waals surface area contributed by atoms with Crippen LogP contribution in [0.25, 0.3) is 111 Å². The smallest absolute Gasteiger partial charge is 0.0541 e. The lowest BCUT2D eigenvalue weighted by atomic mass is 9.91. The summed E-state index contributed by atoms with van der Waals surface area (Å²) in [4.78, 5) is 0. The van der Waals surface area contributed by atoms with Crippen LogP contribution in [0.3, 0.4) is 0 Å². The molecule has 2 nitrogen and oxygen atoms in total. The van der Waals surface area contributed by atoms with E-state index in [1.165, 1.54) is 99.2 Å². The Morgan fingerprint density at radius 2 is 0.468 bits per heavy atom. The molecule has 12 rings (SSSR count). The molecule has 0 unspecified atom stereocenters. The van der Waals surface area contributed by atoms with E-state index >= 15 is 0 Å². The van der Waals surface area contributed by atoms with E-state index in [9.17, 15) is 0 Å². The van der Waals surface area contributed by atoms with Gasteiger partial charge in [-0.15, -0.1) is 0 Å². The molecule has 0 radical (unpaired) electrons. The van der Waals surface area contributed by atoms with E-state index < -0.39 is 0 Å². The van der Waals surface area contributed by atoms with Crippen LogP contribution in [0.15, 0.2) is 243 Å². The number of hydrogen-bond acceptors (Lipinski definition) is 0. The van der Waals surface area contributed by atoms with Crippen molar-refractivity contribution in [2.45, 2.75) is 0 Å². The fraction of sp³-hybridized carbons (Fsp3) is 0. The van der Waals surface area contributed by atoms with Gasteiger partial charge in [0, 0.05) is 32.9 Å². The lowest BCUT2D eigenvalue weighted by molar-refractivity contribution is 1.18. The molecule has 0 saturated heterocycles. The fourth-order valence-corrected chi connectivity index (χ4v) is 9.49. The van der Waals surface area contributed by atoms with Crippen LogP contribution in [-0.4, -0.2) is 9.13 Å². The van der Waals surface area contributed by atoms with Gasteiger partial charge in [-0.2, -0.15) is 0 Å². The molecular formula is C60H40N2. The Morgan fingerprint density at radius 3 is 0.935 bits per heavy atom. The van der Waals surface area contributed by atoms with Crippen LogP contribution in [0.2, 0.25) is 0 Å². The summed E-state index contributed by atoms with van der Waals surface area (Å²) in [6, 6.07) is 88.5. The number of para-hydroxylation sites is 3. The zero-order valence-corrected chi connectivity index (χ0v) is 34.0. The minimum Gasteiger partial charge on any atom is -0.309 e. The summed E-state index contributed by atoms with van der Waals surface area (Å²) in [5, 5.41) is 4.95. The lowest BCUT2D eigenvalue weighted by Crippen LogP contribution is -1.93. The van der Waals surface area contributed by atoms with Gasteiger partial charge in [-0.25, -0.2) is 0 Å². The van der Waals surface area contributed by atoms with E-state index in [-0.39, 0.29) is 0 Å². The standard InChI is InChI=1S/C60H40N2/c1-5-15-41(16-6-1)43-25-27-44(28-26-43)48-35-49(46-30-33-58-54(39-46)53-23-13-14-24-57(53)61(58)51-19-9-3-10-20-51)37-50(36-48)47-31-34-60-56(40-47)55-38-45(42-17-7-2-8-18-42)29-32-59(55)62(60)52-21-11-4-12-22-52/h1-40H. The second-order valence-electron chi connectivity index (χ2n) is 16.2. The molecule has 62 heavy (non-hydrogen) atoms. The van der Waals surface area contributed by atoms with Gasteiger partial charge < -0.3 is 9.13 Å². The molecule has 0 bridgehead atoms. The second-order valence-corrected chi connectivity index (χ2v) is 16.2. The second kappa shape index (κ2) is 14.8. The van der Waals surface area contributed by atoms with Crippen molar-refractivity contribution in [1.29, 1.82) is 0 Å². The van der Waals surface area contributed by atoms with Crippen molar-refractivity contribution in [2.24, 2.45) is 0 Å². The predicted molar refractivity (Wildman–Crippen MR) is 262 cm³/mol. The molecule has 0 spiro atoms. The Kier molecular flexibility index (Phi) is 8.53. The minimum atomic E-state index is 1.15. The van der Waals surface area contributed by atoms with Crippen LogP contribution in [0.5, 0.6) is 0 Å². The molecule has 0 fully saturated rings. The third kappa shape index (κ3) is 6.12. The van der Waals surface area contributed by atoms with E-state index in [0.29, 0.717) is 0 Å². The zero-order valence-electron chi connectivity index (χ0n) is 34.0. The first-order chi connectivity index (χ1) is 30.7. The average molecular weight is 789 g/mol. The molecule has 0 amide bonds. The number of fused-ring (bicyclic) bond motifs is 6. The van der Waals surface area contributed by atoms with E-state index in [0.717, 1.165) is 11.4 Å². The molecule has 2 aromatic heterocycles. The fourth-order valence-electron chi connectivity index (χ4n) is 9.49. The molecule has 0 aliphatic rings. The molecule has 10 aromatic carbocycles. The van der Waals surface area contributed by atoms with Crippen LogP contribution < -0.4 is 0 Å². The van der Waals surface area contributed by atoms with Crippen molar-refractivity contribution in [3.05, 3.63) is 243 Å². The van der Waals surface area contributed by atoms with Gasteiger partial charge >= 0.3 is 0 Å². The van der Waals surface area contributed by atoms with Crippen LogP contribution >= 0.6 is 0 Å². The third-order valence-electron chi connectivity index (χ3n) is 12.5. The van der Waals surface area contributed by atoms with Gasteiger partial charge in [0.05, 0.1) is 22.1 Å². The topological polar surface area (TPSA) is 9.86 Å². The Hall–Kier alpha value is -8.20. The lowest BCUT2D eigenvalue weighted by Gasteiger charge is -2.13. The molecule has 12 aromatic rings. The van der Waals surface area contributed by atoms with Crippen molar-refractivity contribution in [3.8, 4) is 67.0 Å². The third-order valence-corrected chi connectivity index (χ3v) is 12.5. The van der Waals surface area contributed by atoms with Gasteiger partial charge in [0.15, 0.2) is 0 Å². The van der Waals surface area contributed by atoms with Crippen LogP contribution in [0.4, 0.5) is 0 Å². The van der Waals surface area contributed by atoms with Crippen molar-refractivity contribution in [1.82, 2.24) is 9.13 Å². The van der Waals surface area contributed by atoms with Gasteiger partial charge in [0.2, 0.25) is 0 Å². The van der Waals surface area contributed by atoms with Gasteiger partial charge in [0.25, 0.3) is 0 Å². The molecule has 0 aliphatic heterocycles. The van der Waals surface area contributed by atoms with Crippen molar-refractivity contribution < 1.29 is 0 Å². The van der Waals surface area contributed by atoms with E-state index in [2.05, 4.69) is 252 Å². The van der Waals surface area contributed by atoms with Gasteiger partial charge in [-0.3, -0.25) is 0 Å². The number of nitrogens with zero attached hydrogens (tertiary/aromatic N) is 2. The van der Waals surface area contributed by atoms with E-state index in [4.69, 9.17) is 0 Å². The summed E-state index contributed by atoms with van der Waals surface area (Å²) in [5.74, 6) is 0. The Labute approximate surface area is 360 Å². The van der Waals surface area contributed by atoms with Crippen molar-refractivity contribution in [2.75, 3.05) is 0 Å². The van der Waals surface area contributed by atoms with Gasteiger partial charge in [-0.1, -0.05) is 158 Å². The monoisotopic (exact) mass is 788 g/mol. The minimum absolute atomic E-state index is 1.15. The molecule has 2 heteroatoms. The van der Waals surface area contributed by atoms with Crippen LogP contribution in [0, 0.1) is 0 Å².